The van der Waals surface area contributed by atoms with E-state index in [0.717, 1.165) is 76.1 Å². The first-order valence-corrected chi connectivity index (χ1v) is 17.5. The van der Waals surface area contributed by atoms with Gasteiger partial charge < -0.3 is 4.42 Å². The van der Waals surface area contributed by atoms with Crippen LogP contribution in [0.2, 0.25) is 0 Å². The van der Waals surface area contributed by atoms with E-state index in [4.69, 9.17) is 18.1 Å². The molecule has 0 saturated carbocycles. The average Bonchev–Trinajstić information content (AvgIpc) is 3.71. The minimum atomic E-state index is -0.444. The van der Waals surface area contributed by atoms with Crippen LogP contribution in [0.3, 0.4) is 0 Å². The normalized spacial score (nSPS) is 14.4. The summed E-state index contributed by atoms with van der Waals surface area (Å²) in [5.74, 6) is 0. The summed E-state index contributed by atoms with van der Waals surface area (Å²) in [5, 5.41) is 8.03. The molecule has 1 heteroatoms. The summed E-state index contributed by atoms with van der Waals surface area (Å²) in [6, 6.07) is 39.7. The molecule has 0 radical (unpaired) electrons. The Morgan fingerprint density at radius 3 is 1.13 bits per heavy atom. The Labute approximate surface area is 321 Å². The van der Waals surface area contributed by atoms with Crippen LogP contribution in [0.1, 0.15) is 13.7 Å². The van der Waals surface area contributed by atoms with Crippen molar-refractivity contribution in [3.63, 3.8) is 0 Å². The summed E-state index contributed by atoms with van der Waals surface area (Å²) >= 11 is 0. The maximum absolute atomic E-state index is 8.99. The van der Waals surface area contributed by atoms with Gasteiger partial charge in [-0.25, -0.2) is 0 Å². The molecule has 1 heterocycles. The van der Waals surface area contributed by atoms with Crippen molar-refractivity contribution in [3.8, 4) is 44.5 Å². The molecule has 10 aromatic carbocycles. The highest BCUT2D eigenvalue weighted by atomic mass is 16.3. The van der Waals surface area contributed by atoms with Gasteiger partial charge in [0.1, 0.15) is 11.2 Å². The summed E-state index contributed by atoms with van der Waals surface area (Å²) in [4.78, 5) is 0. The van der Waals surface area contributed by atoms with E-state index in [2.05, 4.69) is 6.07 Å². The fraction of sp³-hybridized carbons (Fsp3) is 0. The van der Waals surface area contributed by atoms with E-state index in [9.17, 15) is 0 Å². The molecule has 0 spiro atoms. The van der Waals surface area contributed by atoms with Gasteiger partial charge in [-0.1, -0.05) is 188 Å². The Morgan fingerprint density at radius 2 is 0.679 bits per heavy atom. The second-order valence-corrected chi connectivity index (χ2v) is 13.1. The maximum atomic E-state index is 8.99. The monoisotopic (exact) mass is 682 g/mol. The molecular weight excluding hydrogens is 641 g/mol. The molecule has 0 aliphatic heterocycles. The van der Waals surface area contributed by atoms with Crippen molar-refractivity contribution >= 4 is 65.0 Å². The number of hydrogen-bond donors (Lipinski definition) is 0. The molecular formula is C52H32O. The van der Waals surface area contributed by atoms with Gasteiger partial charge in [-0.05, 0) is 82.5 Å². The van der Waals surface area contributed by atoms with E-state index in [1.165, 1.54) is 0 Å². The number of furan rings is 1. The number of benzene rings is 10. The highest BCUT2D eigenvalue weighted by Crippen LogP contribution is 2.50. The van der Waals surface area contributed by atoms with Crippen LogP contribution in [-0.2, 0) is 0 Å². The Balaban J connectivity index is 1.23. The SMILES string of the molecule is [2H]c1c([2H])c([2H])c(-c2c3ccccc3c(-c3cccc4c3oc3cccc(-c5c6ccccc6c(-c6c([2H])c([2H])c([2H])c([2H])c6[2H])c6ccccc56)c34)c3ccccc23)c([2H])c1[2H]. The van der Waals surface area contributed by atoms with Crippen molar-refractivity contribution in [1.29, 1.82) is 0 Å². The van der Waals surface area contributed by atoms with E-state index in [1.54, 1.807) is 0 Å². The lowest BCUT2D eigenvalue weighted by molar-refractivity contribution is 0.670. The summed E-state index contributed by atoms with van der Waals surface area (Å²) in [5.41, 5.74) is 6.23. The van der Waals surface area contributed by atoms with Crippen LogP contribution >= 0.6 is 0 Å². The first-order valence-electron chi connectivity index (χ1n) is 22.5. The third kappa shape index (κ3) is 4.44. The maximum Gasteiger partial charge on any atom is 0.143 e. The minimum Gasteiger partial charge on any atom is -0.455 e. The highest BCUT2D eigenvalue weighted by molar-refractivity contribution is 6.28. The molecule has 0 unspecified atom stereocenters. The fourth-order valence-electron chi connectivity index (χ4n) is 8.38. The van der Waals surface area contributed by atoms with Crippen molar-refractivity contribution in [2.24, 2.45) is 0 Å². The van der Waals surface area contributed by atoms with E-state index in [0.29, 0.717) is 22.3 Å². The molecule has 0 aliphatic carbocycles. The zero-order valence-corrected chi connectivity index (χ0v) is 28.1. The lowest BCUT2D eigenvalue weighted by Gasteiger charge is -2.18. The van der Waals surface area contributed by atoms with Gasteiger partial charge >= 0.3 is 0 Å². The molecule has 0 saturated heterocycles. The smallest absolute Gasteiger partial charge is 0.143 e. The molecule has 0 N–H and O–H groups in total. The Morgan fingerprint density at radius 1 is 0.321 bits per heavy atom. The second-order valence-electron chi connectivity index (χ2n) is 13.1. The quantitative estimate of drug-likeness (QED) is 0.168. The van der Waals surface area contributed by atoms with E-state index in [1.807, 2.05) is 127 Å². The van der Waals surface area contributed by atoms with Gasteiger partial charge in [0.2, 0.25) is 0 Å². The van der Waals surface area contributed by atoms with Crippen LogP contribution in [-0.4, -0.2) is 0 Å². The summed E-state index contributed by atoms with van der Waals surface area (Å²) in [6.07, 6.45) is 0. The van der Waals surface area contributed by atoms with Gasteiger partial charge in [-0.2, -0.15) is 0 Å². The standard InChI is InChI=1S/C52H32O/c1-3-17-33(18-4-1)47-35-21-7-11-25-39(35)49(40-26-12-8-22-36(40)47)43-29-16-32-46-51(43)45-31-15-30-44(52(45)53-46)50-41-27-13-9-23-37(41)48(34-19-5-2-6-20-34)38-24-10-14-28-42(38)50/h1-32H/i1D,2D,3D,4D,5D,6D,17D,18D,19D,20D. The molecule has 0 bridgehead atoms. The Bertz CT molecular complexity index is 3640. The van der Waals surface area contributed by atoms with Crippen molar-refractivity contribution < 1.29 is 18.1 Å². The molecule has 1 aromatic heterocycles. The van der Waals surface area contributed by atoms with Crippen LogP contribution in [0.15, 0.2) is 198 Å². The van der Waals surface area contributed by atoms with Crippen LogP contribution in [0.4, 0.5) is 0 Å². The predicted octanol–water partition coefficient (Wildman–Crippen LogP) is 14.9. The van der Waals surface area contributed by atoms with E-state index in [-0.39, 0.29) is 35.3 Å². The van der Waals surface area contributed by atoms with Crippen LogP contribution in [0.25, 0.3) is 110 Å². The largest absolute Gasteiger partial charge is 0.455 e. The van der Waals surface area contributed by atoms with Crippen molar-refractivity contribution in [3.05, 3.63) is 194 Å². The molecule has 11 rings (SSSR count). The van der Waals surface area contributed by atoms with Gasteiger partial charge in [0.25, 0.3) is 0 Å². The van der Waals surface area contributed by atoms with Crippen molar-refractivity contribution in [2.45, 2.75) is 0 Å². The third-order valence-electron chi connectivity index (χ3n) is 10.4. The number of hydrogen-bond acceptors (Lipinski definition) is 1. The van der Waals surface area contributed by atoms with Gasteiger partial charge in [0.05, 0.1) is 13.7 Å². The molecule has 11 aromatic rings. The van der Waals surface area contributed by atoms with E-state index >= 15 is 0 Å². The second kappa shape index (κ2) is 11.8. The van der Waals surface area contributed by atoms with Crippen LogP contribution < -0.4 is 0 Å². The number of para-hydroxylation sites is 1. The van der Waals surface area contributed by atoms with Crippen LogP contribution in [0.5, 0.6) is 0 Å². The topological polar surface area (TPSA) is 13.1 Å². The summed E-state index contributed by atoms with van der Waals surface area (Å²) in [7, 11) is 0. The Kier molecular flexibility index (Phi) is 4.77. The van der Waals surface area contributed by atoms with Gasteiger partial charge in [-0.15, -0.1) is 0 Å². The van der Waals surface area contributed by atoms with Gasteiger partial charge in [0.15, 0.2) is 0 Å². The first-order chi connectivity index (χ1) is 30.5. The lowest BCUT2D eigenvalue weighted by atomic mass is 9.84. The molecule has 1 nitrogen and oxygen atoms in total. The highest BCUT2D eigenvalue weighted by Gasteiger charge is 2.23. The fourth-order valence-corrected chi connectivity index (χ4v) is 8.38. The number of rotatable bonds is 4. The predicted molar refractivity (Wildman–Crippen MR) is 225 cm³/mol. The Hall–Kier alpha value is -6.96. The molecule has 0 atom stereocenters. The molecule has 246 valence electrons. The van der Waals surface area contributed by atoms with E-state index < -0.39 is 36.3 Å². The third-order valence-corrected chi connectivity index (χ3v) is 10.4. The molecule has 0 aliphatic rings. The van der Waals surface area contributed by atoms with Crippen molar-refractivity contribution in [1.82, 2.24) is 0 Å². The average molecular weight is 683 g/mol. The van der Waals surface area contributed by atoms with Gasteiger partial charge in [-0.3, -0.25) is 0 Å². The lowest BCUT2D eigenvalue weighted by Crippen LogP contribution is -1.91. The summed E-state index contributed by atoms with van der Waals surface area (Å²) in [6.45, 7) is 0. The zero-order chi connectivity index (χ0) is 43.6. The number of fused-ring (bicyclic) bond motifs is 7. The molecule has 0 fully saturated rings. The van der Waals surface area contributed by atoms with Gasteiger partial charge in [0, 0.05) is 21.9 Å². The van der Waals surface area contributed by atoms with Crippen molar-refractivity contribution in [2.75, 3.05) is 0 Å². The first kappa shape index (κ1) is 21.4. The summed E-state index contributed by atoms with van der Waals surface area (Å²) < 4.78 is 93.6. The molecule has 0 amide bonds. The molecule has 53 heavy (non-hydrogen) atoms. The van der Waals surface area contributed by atoms with Crippen LogP contribution in [0, 0.1) is 0 Å². The zero-order valence-electron chi connectivity index (χ0n) is 38.1. The minimum absolute atomic E-state index is 0.142.